The van der Waals surface area contributed by atoms with Crippen molar-refractivity contribution in [2.45, 2.75) is 38.8 Å². The SMILES string of the molecule is Cc1nc(CN2CCC(OCCCO)CC2)cs1. The molecule has 0 aromatic carbocycles. The number of likely N-dealkylation sites (tertiary alicyclic amines) is 1. The van der Waals surface area contributed by atoms with Crippen molar-refractivity contribution in [2.75, 3.05) is 26.3 Å². The second-order valence-electron chi connectivity index (χ2n) is 4.78. The first-order valence-electron chi connectivity index (χ1n) is 6.64. The van der Waals surface area contributed by atoms with Gasteiger partial charge in [-0.05, 0) is 26.2 Å². The molecule has 5 heteroatoms. The van der Waals surface area contributed by atoms with Crippen LogP contribution in [0.25, 0.3) is 0 Å². The molecule has 1 aliphatic rings. The van der Waals surface area contributed by atoms with Gasteiger partial charge in [-0.2, -0.15) is 0 Å². The van der Waals surface area contributed by atoms with Gasteiger partial charge in [-0.3, -0.25) is 4.90 Å². The van der Waals surface area contributed by atoms with Crippen LogP contribution < -0.4 is 0 Å². The van der Waals surface area contributed by atoms with Crippen LogP contribution in [0.5, 0.6) is 0 Å². The second kappa shape index (κ2) is 7.19. The molecular formula is C13H22N2O2S. The average molecular weight is 270 g/mol. The molecule has 0 amide bonds. The molecule has 0 bridgehead atoms. The highest BCUT2D eigenvalue weighted by Crippen LogP contribution is 2.17. The summed E-state index contributed by atoms with van der Waals surface area (Å²) in [4.78, 5) is 6.95. The number of hydrogen-bond donors (Lipinski definition) is 1. The van der Waals surface area contributed by atoms with E-state index < -0.39 is 0 Å². The van der Waals surface area contributed by atoms with Gasteiger partial charge in [0.25, 0.3) is 0 Å². The molecule has 1 fully saturated rings. The maximum absolute atomic E-state index is 8.71. The molecule has 18 heavy (non-hydrogen) atoms. The number of piperidine rings is 1. The fourth-order valence-electron chi connectivity index (χ4n) is 2.26. The van der Waals surface area contributed by atoms with Gasteiger partial charge in [-0.15, -0.1) is 11.3 Å². The summed E-state index contributed by atoms with van der Waals surface area (Å²) >= 11 is 1.72. The quantitative estimate of drug-likeness (QED) is 0.801. The Labute approximate surface area is 113 Å². The van der Waals surface area contributed by atoms with Crippen molar-refractivity contribution in [1.29, 1.82) is 0 Å². The molecular weight excluding hydrogens is 248 g/mol. The van der Waals surface area contributed by atoms with Crippen LogP contribution in [0.1, 0.15) is 30.0 Å². The van der Waals surface area contributed by atoms with E-state index in [4.69, 9.17) is 9.84 Å². The largest absolute Gasteiger partial charge is 0.396 e. The Morgan fingerprint density at radius 1 is 1.50 bits per heavy atom. The van der Waals surface area contributed by atoms with E-state index in [9.17, 15) is 0 Å². The number of nitrogens with zero attached hydrogens (tertiary/aromatic N) is 2. The molecule has 102 valence electrons. The van der Waals surface area contributed by atoms with Crippen molar-refractivity contribution in [3.8, 4) is 0 Å². The Balaban J connectivity index is 1.67. The lowest BCUT2D eigenvalue weighted by Crippen LogP contribution is -2.36. The molecule has 1 saturated heterocycles. The van der Waals surface area contributed by atoms with Gasteiger partial charge in [0.2, 0.25) is 0 Å². The standard InChI is InChI=1S/C13H22N2O2S/c1-11-14-12(10-18-11)9-15-5-3-13(4-6-15)17-8-2-7-16/h10,13,16H,2-9H2,1H3. The van der Waals surface area contributed by atoms with Gasteiger partial charge in [-0.1, -0.05) is 0 Å². The summed E-state index contributed by atoms with van der Waals surface area (Å²) in [6.07, 6.45) is 3.31. The Bertz CT molecular complexity index is 349. The van der Waals surface area contributed by atoms with E-state index in [1.54, 1.807) is 11.3 Å². The van der Waals surface area contributed by atoms with Gasteiger partial charge >= 0.3 is 0 Å². The van der Waals surface area contributed by atoms with E-state index in [1.807, 2.05) is 0 Å². The highest BCUT2D eigenvalue weighted by Gasteiger charge is 2.19. The van der Waals surface area contributed by atoms with E-state index in [0.29, 0.717) is 12.7 Å². The number of thiazole rings is 1. The number of rotatable bonds is 6. The Morgan fingerprint density at radius 3 is 2.89 bits per heavy atom. The highest BCUT2D eigenvalue weighted by molar-refractivity contribution is 7.09. The maximum Gasteiger partial charge on any atom is 0.0897 e. The molecule has 2 heterocycles. The number of aryl methyl sites for hydroxylation is 1. The smallest absolute Gasteiger partial charge is 0.0897 e. The van der Waals surface area contributed by atoms with Crippen LogP contribution in [0.15, 0.2) is 5.38 Å². The van der Waals surface area contributed by atoms with Crippen molar-refractivity contribution >= 4 is 11.3 Å². The van der Waals surface area contributed by atoms with E-state index in [2.05, 4.69) is 22.2 Å². The minimum Gasteiger partial charge on any atom is -0.396 e. The minimum atomic E-state index is 0.224. The summed E-state index contributed by atoms with van der Waals surface area (Å²) < 4.78 is 5.73. The lowest BCUT2D eigenvalue weighted by molar-refractivity contribution is 0.000600. The molecule has 0 spiro atoms. The van der Waals surface area contributed by atoms with Crippen molar-refractivity contribution in [1.82, 2.24) is 9.88 Å². The second-order valence-corrected chi connectivity index (χ2v) is 5.84. The van der Waals surface area contributed by atoms with Crippen molar-refractivity contribution in [3.05, 3.63) is 16.1 Å². The molecule has 0 atom stereocenters. The molecule has 0 radical (unpaired) electrons. The average Bonchev–Trinajstić information content (AvgIpc) is 2.77. The summed E-state index contributed by atoms with van der Waals surface area (Å²) in [6, 6.07) is 0. The van der Waals surface area contributed by atoms with Crippen molar-refractivity contribution in [2.24, 2.45) is 0 Å². The summed E-state index contributed by atoms with van der Waals surface area (Å²) in [5.41, 5.74) is 1.19. The Kier molecular flexibility index (Phi) is 5.56. The van der Waals surface area contributed by atoms with Gasteiger partial charge in [0.15, 0.2) is 0 Å². The molecule has 0 saturated carbocycles. The molecule has 0 aliphatic carbocycles. The number of hydrogen-bond acceptors (Lipinski definition) is 5. The maximum atomic E-state index is 8.71. The van der Waals surface area contributed by atoms with Crippen LogP contribution in [0, 0.1) is 6.92 Å². The summed E-state index contributed by atoms with van der Waals surface area (Å²) in [5, 5.41) is 12.0. The Hall–Kier alpha value is -0.490. The predicted molar refractivity (Wildman–Crippen MR) is 72.8 cm³/mol. The molecule has 2 rings (SSSR count). The van der Waals surface area contributed by atoms with Crippen LogP contribution in [-0.2, 0) is 11.3 Å². The number of ether oxygens (including phenoxy) is 1. The van der Waals surface area contributed by atoms with Gasteiger partial charge < -0.3 is 9.84 Å². The summed E-state index contributed by atoms with van der Waals surface area (Å²) in [7, 11) is 0. The van der Waals surface area contributed by atoms with Gasteiger partial charge in [0.1, 0.15) is 0 Å². The monoisotopic (exact) mass is 270 g/mol. The first kappa shape index (κ1) is 13.9. The lowest BCUT2D eigenvalue weighted by Gasteiger charge is -2.31. The zero-order chi connectivity index (χ0) is 12.8. The van der Waals surface area contributed by atoms with Gasteiger partial charge in [0.05, 0.1) is 16.8 Å². The topological polar surface area (TPSA) is 45.6 Å². The van der Waals surface area contributed by atoms with E-state index in [-0.39, 0.29) is 6.61 Å². The number of aliphatic hydroxyl groups is 1. The molecule has 0 unspecified atom stereocenters. The zero-order valence-electron chi connectivity index (χ0n) is 11.0. The van der Waals surface area contributed by atoms with Crippen molar-refractivity contribution in [3.63, 3.8) is 0 Å². The third-order valence-corrected chi connectivity index (χ3v) is 4.07. The normalized spacial score (nSPS) is 18.3. The van der Waals surface area contributed by atoms with Crippen LogP contribution in [0.2, 0.25) is 0 Å². The molecule has 1 aromatic rings. The summed E-state index contributed by atoms with van der Waals surface area (Å²) in [6.45, 7) is 6.10. The fraction of sp³-hybridized carbons (Fsp3) is 0.769. The van der Waals surface area contributed by atoms with Gasteiger partial charge in [-0.25, -0.2) is 4.98 Å². The third kappa shape index (κ3) is 4.31. The lowest BCUT2D eigenvalue weighted by atomic mass is 10.1. The van der Waals surface area contributed by atoms with E-state index in [0.717, 1.165) is 43.9 Å². The zero-order valence-corrected chi connectivity index (χ0v) is 11.8. The van der Waals surface area contributed by atoms with Gasteiger partial charge in [0, 0.05) is 38.2 Å². The molecule has 1 aromatic heterocycles. The number of aliphatic hydroxyl groups excluding tert-OH is 1. The van der Waals surface area contributed by atoms with Crippen LogP contribution in [0.4, 0.5) is 0 Å². The van der Waals surface area contributed by atoms with Crippen LogP contribution in [-0.4, -0.2) is 47.4 Å². The highest BCUT2D eigenvalue weighted by atomic mass is 32.1. The predicted octanol–water partition coefficient (Wildman–Crippen LogP) is 1.81. The number of aromatic nitrogens is 1. The van der Waals surface area contributed by atoms with Crippen molar-refractivity contribution < 1.29 is 9.84 Å². The first-order valence-corrected chi connectivity index (χ1v) is 7.51. The van der Waals surface area contributed by atoms with Crippen LogP contribution >= 0.6 is 11.3 Å². The van der Waals surface area contributed by atoms with E-state index in [1.165, 1.54) is 5.69 Å². The summed E-state index contributed by atoms with van der Waals surface area (Å²) in [5.74, 6) is 0. The van der Waals surface area contributed by atoms with Crippen LogP contribution in [0.3, 0.4) is 0 Å². The molecule has 1 aliphatic heterocycles. The fourth-order valence-corrected chi connectivity index (χ4v) is 2.86. The molecule has 4 nitrogen and oxygen atoms in total. The first-order chi connectivity index (χ1) is 8.78. The molecule has 1 N–H and O–H groups in total. The third-order valence-electron chi connectivity index (χ3n) is 3.24. The van der Waals surface area contributed by atoms with E-state index >= 15 is 0 Å². The minimum absolute atomic E-state index is 0.224. The Morgan fingerprint density at radius 2 is 2.28 bits per heavy atom.